The van der Waals surface area contributed by atoms with E-state index in [1.54, 1.807) is 44.6 Å². The standard InChI is InChI=1S/C21H24N6O2/c1-13-8-10-27(24-12-16-5-4-9-23-11-16)21(29)19(13)14(2)20(28)26-17-6-7-18(22)25-15(17)3/h4-11,14,24H,12H2,1-3H3,(H2,22,25)(H,26,28). The van der Waals surface area contributed by atoms with E-state index in [9.17, 15) is 9.59 Å². The summed E-state index contributed by atoms with van der Waals surface area (Å²) in [5, 5.41) is 2.83. The Hall–Kier alpha value is -3.68. The maximum Gasteiger partial charge on any atom is 0.273 e. The molecule has 150 valence electrons. The van der Waals surface area contributed by atoms with Gasteiger partial charge in [0.2, 0.25) is 5.91 Å². The van der Waals surface area contributed by atoms with E-state index in [1.807, 2.05) is 25.1 Å². The molecule has 0 saturated carbocycles. The van der Waals surface area contributed by atoms with Crippen molar-refractivity contribution in [3.63, 3.8) is 0 Å². The minimum atomic E-state index is -0.646. The maximum absolute atomic E-state index is 13.0. The Labute approximate surface area is 168 Å². The molecule has 0 spiro atoms. The second-order valence-electron chi connectivity index (χ2n) is 6.86. The summed E-state index contributed by atoms with van der Waals surface area (Å²) >= 11 is 0. The van der Waals surface area contributed by atoms with Crippen molar-refractivity contribution in [2.75, 3.05) is 16.5 Å². The molecule has 1 amide bonds. The van der Waals surface area contributed by atoms with Crippen LogP contribution in [-0.2, 0) is 11.3 Å². The molecular weight excluding hydrogens is 368 g/mol. The van der Waals surface area contributed by atoms with Gasteiger partial charge in [0.05, 0.1) is 23.8 Å². The zero-order valence-electron chi connectivity index (χ0n) is 16.6. The van der Waals surface area contributed by atoms with Crippen LogP contribution < -0.4 is 22.0 Å². The van der Waals surface area contributed by atoms with Crippen LogP contribution in [0, 0.1) is 13.8 Å². The Morgan fingerprint density at radius 3 is 2.72 bits per heavy atom. The molecule has 3 heterocycles. The molecule has 3 rings (SSSR count). The highest BCUT2D eigenvalue weighted by atomic mass is 16.2. The second kappa shape index (κ2) is 8.55. The van der Waals surface area contributed by atoms with Gasteiger partial charge in [-0.25, -0.2) is 9.66 Å². The van der Waals surface area contributed by atoms with Crippen LogP contribution in [0.5, 0.6) is 0 Å². The van der Waals surface area contributed by atoms with Crippen molar-refractivity contribution in [1.82, 2.24) is 14.6 Å². The van der Waals surface area contributed by atoms with E-state index >= 15 is 0 Å². The monoisotopic (exact) mass is 392 g/mol. The van der Waals surface area contributed by atoms with Gasteiger partial charge in [-0.3, -0.25) is 14.6 Å². The molecule has 0 fully saturated rings. The number of rotatable bonds is 6. The van der Waals surface area contributed by atoms with Gasteiger partial charge in [0, 0.05) is 24.2 Å². The molecule has 0 bridgehead atoms. The molecule has 0 aliphatic rings. The van der Waals surface area contributed by atoms with Crippen LogP contribution in [0.25, 0.3) is 0 Å². The number of amides is 1. The molecule has 0 saturated heterocycles. The first-order valence-corrected chi connectivity index (χ1v) is 9.25. The van der Waals surface area contributed by atoms with Gasteiger partial charge in [-0.05, 0) is 56.2 Å². The quantitative estimate of drug-likeness (QED) is 0.593. The third-order valence-corrected chi connectivity index (χ3v) is 4.72. The largest absolute Gasteiger partial charge is 0.384 e. The average Bonchev–Trinajstić information content (AvgIpc) is 2.70. The number of pyridine rings is 3. The highest BCUT2D eigenvalue weighted by molar-refractivity contribution is 5.96. The molecule has 3 aromatic rings. The summed E-state index contributed by atoms with van der Waals surface area (Å²) in [6, 6.07) is 8.89. The molecule has 8 heteroatoms. The van der Waals surface area contributed by atoms with Gasteiger partial charge in [-0.15, -0.1) is 0 Å². The molecule has 0 radical (unpaired) electrons. The van der Waals surface area contributed by atoms with E-state index in [4.69, 9.17) is 5.73 Å². The van der Waals surface area contributed by atoms with Crippen molar-refractivity contribution in [3.8, 4) is 0 Å². The summed E-state index contributed by atoms with van der Waals surface area (Å²) < 4.78 is 1.40. The third-order valence-electron chi connectivity index (χ3n) is 4.72. The number of nitrogens with zero attached hydrogens (tertiary/aromatic N) is 3. The fourth-order valence-corrected chi connectivity index (χ4v) is 3.06. The van der Waals surface area contributed by atoms with Gasteiger partial charge >= 0.3 is 0 Å². The van der Waals surface area contributed by atoms with E-state index in [0.29, 0.717) is 29.3 Å². The number of nitrogens with one attached hydrogen (secondary N) is 2. The number of hydrogen-bond acceptors (Lipinski definition) is 6. The first-order chi connectivity index (χ1) is 13.9. The number of carbonyl (C=O) groups is 1. The first-order valence-electron chi connectivity index (χ1n) is 9.25. The topological polar surface area (TPSA) is 115 Å². The predicted octanol–water partition coefficient (Wildman–Crippen LogP) is 2.32. The fourth-order valence-electron chi connectivity index (χ4n) is 3.06. The summed E-state index contributed by atoms with van der Waals surface area (Å²) in [6.07, 6.45) is 5.08. The molecular formula is C21H24N6O2. The molecule has 8 nitrogen and oxygen atoms in total. The van der Waals surface area contributed by atoms with Crippen LogP contribution in [0.3, 0.4) is 0 Å². The smallest absolute Gasteiger partial charge is 0.273 e. The Balaban J connectivity index is 1.81. The highest BCUT2D eigenvalue weighted by Gasteiger charge is 2.22. The fraction of sp³-hybridized carbons (Fsp3) is 0.238. The SMILES string of the molecule is Cc1ccn(NCc2cccnc2)c(=O)c1C(C)C(=O)Nc1ccc(N)nc1C. The van der Waals surface area contributed by atoms with E-state index in [0.717, 1.165) is 11.1 Å². The van der Waals surface area contributed by atoms with Crippen molar-refractivity contribution in [1.29, 1.82) is 0 Å². The van der Waals surface area contributed by atoms with E-state index in [-0.39, 0.29) is 11.5 Å². The Kier molecular flexibility index (Phi) is 5.92. The number of anilines is 2. The first kappa shape index (κ1) is 20.1. The normalized spacial score (nSPS) is 11.7. The van der Waals surface area contributed by atoms with Crippen LogP contribution in [0.15, 0.2) is 53.7 Å². The number of aryl methyl sites for hydroxylation is 2. The minimum Gasteiger partial charge on any atom is -0.384 e. The van der Waals surface area contributed by atoms with Crippen molar-refractivity contribution in [2.45, 2.75) is 33.2 Å². The van der Waals surface area contributed by atoms with Crippen LogP contribution in [0.2, 0.25) is 0 Å². The number of carbonyl (C=O) groups excluding carboxylic acids is 1. The molecule has 1 unspecified atom stereocenters. The van der Waals surface area contributed by atoms with Gasteiger partial charge in [-0.2, -0.15) is 0 Å². The summed E-state index contributed by atoms with van der Waals surface area (Å²) in [4.78, 5) is 34.0. The molecule has 0 aromatic carbocycles. The maximum atomic E-state index is 13.0. The van der Waals surface area contributed by atoms with E-state index in [1.165, 1.54) is 4.68 Å². The van der Waals surface area contributed by atoms with Crippen LogP contribution in [0.1, 0.15) is 35.2 Å². The zero-order valence-corrected chi connectivity index (χ0v) is 16.6. The van der Waals surface area contributed by atoms with Gasteiger partial charge in [0.25, 0.3) is 5.56 Å². The van der Waals surface area contributed by atoms with Crippen molar-refractivity contribution < 1.29 is 4.79 Å². The van der Waals surface area contributed by atoms with Crippen molar-refractivity contribution in [3.05, 3.63) is 81.7 Å². The lowest BCUT2D eigenvalue weighted by atomic mass is 9.97. The second-order valence-corrected chi connectivity index (χ2v) is 6.86. The molecule has 1 atom stereocenters. The third kappa shape index (κ3) is 4.60. The lowest BCUT2D eigenvalue weighted by Gasteiger charge is -2.18. The van der Waals surface area contributed by atoms with Crippen LogP contribution in [-0.4, -0.2) is 20.6 Å². The lowest BCUT2D eigenvalue weighted by Crippen LogP contribution is -2.34. The number of hydrogen-bond donors (Lipinski definition) is 3. The van der Waals surface area contributed by atoms with E-state index < -0.39 is 5.92 Å². The van der Waals surface area contributed by atoms with E-state index in [2.05, 4.69) is 20.7 Å². The van der Waals surface area contributed by atoms with Crippen LogP contribution in [0.4, 0.5) is 11.5 Å². The lowest BCUT2D eigenvalue weighted by molar-refractivity contribution is -0.117. The number of nitrogen functional groups attached to an aromatic ring is 1. The molecule has 0 aliphatic carbocycles. The summed E-state index contributed by atoms with van der Waals surface area (Å²) in [7, 11) is 0. The average molecular weight is 392 g/mol. The summed E-state index contributed by atoms with van der Waals surface area (Å²) in [6.45, 7) is 5.74. The highest BCUT2D eigenvalue weighted by Crippen LogP contribution is 2.20. The van der Waals surface area contributed by atoms with Gasteiger partial charge < -0.3 is 16.5 Å². The Bertz CT molecular complexity index is 1080. The number of aromatic nitrogens is 3. The summed E-state index contributed by atoms with van der Waals surface area (Å²) in [5.74, 6) is -0.549. The molecule has 4 N–H and O–H groups in total. The van der Waals surface area contributed by atoms with Crippen molar-refractivity contribution in [2.24, 2.45) is 0 Å². The number of nitrogens with two attached hydrogens (primary N) is 1. The Morgan fingerprint density at radius 2 is 2.03 bits per heavy atom. The van der Waals surface area contributed by atoms with Gasteiger partial charge in [-0.1, -0.05) is 6.07 Å². The van der Waals surface area contributed by atoms with Gasteiger partial charge in [0.15, 0.2) is 0 Å². The van der Waals surface area contributed by atoms with Crippen molar-refractivity contribution >= 4 is 17.4 Å². The Morgan fingerprint density at radius 1 is 1.24 bits per heavy atom. The molecule has 29 heavy (non-hydrogen) atoms. The minimum absolute atomic E-state index is 0.260. The van der Waals surface area contributed by atoms with Crippen LogP contribution >= 0.6 is 0 Å². The van der Waals surface area contributed by atoms with Gasteiger partial charge in [0.1, 0.15) is 5.82 Å². The predicted molar refractivity (Wildman–Crippen MR) is 113 cm³/mol. The molecule has 0 aliphatic heterocycles. The molecule has 3 aromatic heterocycles. The zero-order chi connectivity index (χ0) is 21.0. The summed E-state index contributed by atoms with van der Waals surface area (Å²) in [5.41, 5.74) is 11.8.